The summed E-state index contributed by atoms with van der Waals surface area (Å²) >= 11 is 0. The number of anilines is 1. The third-order valence-corrected chi connectivity index (χ3v) is 1.45. The number of nitrogens with one attached hydrogen (secondary N) is 1. The minimum absolute atomic E-state index is 0.0546. The Kier molecular flexibility index (Phi) is 2.82. The van der Waals surface area contributed by atoms with Crippen LogP contribution in [-0.2, 0) is 0 Å². The van der Waals surface area contributed by atoms with Crippen molar-refractivity contribution in [2.75, 3.05) is 19.3 Å². The summed E-state index contributed by atoms with van der Waals surface area (Å²) < 4.78 is 1.26. The summed E-state index contributed by atoms with van der Waals surface area (Å²) in [7, 11) is 1.80. The van der Waals surface area contributed by atoms with Crippen LogP contribution in [0.25, 0.3) is 0 Å². The first kappa shape index (κ1) is 8.73. The monoisotopic (exact) mass is 168 g/mol. The molecule has 5 nitrogen and oxygen atoms in total. The summed E-state index contributed by atoms with van der Waals surface area (Å²) in [4.78, 5) is 11.2. The molecule has 3 N–H and O–H groups in total. The third kappa shape index (κ3) is 2.06. The van der Waals surface area contributed by atoms with E-state index in [0.717, 1.165) is 0 Å². The smallest absolute Gasteiger partial charge is 0.248 e. The molecule has 0 radical (unpaired) electrons. The molecule has 1 aromatic heterocycles. The minimum atomic E-state index is -0.0546. The van der Waals surface area contributed by atoms with E-state index in [0.29, 0.717) is 18.7 Å². The number of rotatable bonds is 3. The standard InChI is InChI=1S/C7H12N4O/c1-9-3-2-7(12)11-5-6(8)4-10-11/h4-5,9H,2-3,8H2,1H3. The Bertz CT molecular complexity index is 268. The lowest BCUT2D eigenvalue weighted by Crippen LogP contribution is -2.18. The molecule has 0 bridgehead atoms. The van der Waals surface area contributed by atoms with Gasteiger partial charge in [-0.2, -0.15) is 5.10 Å². The fourth-order valence-corrected chi connectivity index (χ4v) is 0.820. The molecule has 0 aliphatic rings. The van der Waals surface area contributed by atoms with Crippen LogP contribution in [0.15, 0.2) is 12.4 Å². The molecule has 0 fully saturated rings. The summed E-state index contributed by atoms with van der Waals surface area (Å²) in [5, 5.41) is 6.66. The van der Waals surface area contributed by atoms with Gasteiger partial charge in [0.2, 0.25) is 5.91 Å². The van der Waals surface area contributed by atoms with Gasteiger partial charge in [-0.1, -0.05) is 0 Å². The molecule has 5 heteroatoms. The molecule has 1 heterocycles. The molecule has 1 rings (SSSR count). The second-order valence-corrected chi connectivity index (χ2v) is 2.47. The molecule has 0 atom stereocenters. The molecule has 0 amide bonds. The molecule has 0 aliphatic heterocycles. The SMILES string of the molecule is CNCCC(=O)n1cc(N)cn1. The van der Waals surface area contributed by atoms with Crippen molar-refractivity contribution in [3.05, 3.63) is 12.4 Å². The Labute approximate surface area is 70.5 Å². The van der Waals surface area contributed by atoms with Crippen molar-refractivity contribution >= 4 is 11.6 Å². The first-order chi connectivity index (χ1) is 5.74. The summed E-state index contributed by atoms with van der Waals surface area (Å²) in [6.45, 7) is 0.651. The van der Waals surface area contributed by atoms with Gasteiger partial charge in [-0.15, -0.1) is 0 Å². The van der Waals surface area contributed by atoms with Crippen molar-refractivity contribution in [3.8, 4) is 0 Å². The van der Waals surface area contributed by atoms with Gasteiger partial charge in [0.05, 0.1) is 18.1 Å². The Morgan fingerprint density at radius 3 is 3.08 bits per heavy atom. The van der Waals surface area contributed by atoms with Crippen LogP contribution >= 0.6 is 0 Å². The van der Waals surface area contributed by atoms with Crippen LogP contribution in [0.1, 0.15) is 11.2 Å². The van der Waals surface area contributed by atoms with Crippen LogP contribution in [0, 0.1) is 0 Å². The van der Waals surface area contributed by atoms with Gasteiger partial charge in [-0.05, 0) is 7.05 Å². The maximum atomic E-state index is 11.2. The van der Waals surface area contributed by atoms with E-state index in [9.17, 15) is 4.79 Å². The van der Waals surface area contributed by atoms with Gasteiger partial charge >= 0.3 is 0 Å². The van der Waals surface area contributed by atoms with Gasteiger partial charge in [0.1, 0.15) is 0 Å². The van der Waals surface area contributed by atoms with Crippen LogP contribution in [0.5, 0.6) is 0 Å². The number of carbonyl (C=O) groups excluding carboxylic acids is 1. The fraction of sp³-hybridized carbons (Fsp3) is 0.429. The molecule has 0 spiro atoms. The predicted molar refractivity (Wildman–Crippen MR) is 45.8 cm³/mol. The van der Waals surface area contributed by atoms with E-state index in [1.54, 1.807) is 7.05 Å². The fourth-order valence-electron chi connectivity index (χ4n) is 0.820. The van der Waals surface area contributed by atoms with E-state index in [2.05, 4.69) is 10.4 Å². The Balaban J connectivity index is 2.53. The first-order valence-corrected chi connectivity index (χ1v) is 3.72. The maximum absolute atomic E-state index is 11.2. The average molecular weight is 168 g/mol. The number of hydrogen-bond acceptors (Lipinski definition) is 4. The summed E-state index contributed by atoms with van der Waals surface area (Å²) in [6, 6.07) is 0. The minimum Gasteiger partial charge on any atom is -0.396 e. The van der Waals surface area contributed by atoms with Gasteiger partial charge in [-0.25, -0.2) is 4.68 Å². The van der Waals surface area contributed by atoms with Crippen molar-refractivity contribution in [1.29, 1.82) is 0 Å². The van der Waals surface area contributed by atoms with Crippen molar-refractivity contribution in [2.45, 2.75) is 6.42 Å². The van der Waals surface area contributed by atoms with Crippen molar-refractivity contribution in [3.63, 3.8) is 0 Å². The number of carbonyl (C=O) groups is 1. The van der Waals surface area contributed by atoms with E-state index < -0.39 is 0 Å². The second-order valence-electron chi connectivity index (χ2n) is 2.47. The van der Waals surface area contributed by atoms with Gasteiger partial charge < -0.3 is 11.1 Å². The number of aromatic nitrogens is 2. The molecule has 0 aliphatic carbocycles. The number of nitrogens with two attached hydrogens (primary N) is 1. The number of nitrogen functional groups attached to an aromatic ring is 1. The maximum Gasteiger partial charge on any atom is 0.248 e. The Morgan fingerprint density at radius 1 is 1.83 bits per heavy atom. The van der Waals surface area contributed by atoms with Crippen LogP contribution in [-0.4, -0.2) is 29.3 Å². The second kappa shape index (κ2) is 3.87. The van der Waals surface area contributed by atoms with Gasteiger partial charge in [0.25, 0.3) is 0 Å². The molecule has 0 saturated carbocycles. The molecule has 12 heavy (non-hydrogen) atoms. The quantitative estimate of drug-likeness (QED) is 0.650. The molecular weight excluding hydrogens is 156 g/mol. The highest BCUT2D eigenvalue weighted by Crippen LogP contribution is 1.98. The van der Waals surface area contributed by atoms with E-state index in [1.807, 2.05) is 0 Å². The topological polar surface area (TPSA) is 72.9 Å². The first-order valence-electron chi connectivity index (χ1n) is 3.72. The largest absolute Gasteiger partial charge is 0.396 e. The van der Waals surface area contributed by atoms with Gasteiger partial charge in [-0.3, -0.25) is 4.79 Å². The normalized spacial score (nSPS) is 10.1. The third-order valence-electron chi connectivity index (χ3n) is 1.45. The van der Waals surface area contributed by atoms with Crippen molar-refractivity contribution < 1.29 is 4.79 Å². The zero-order valence-corrected chi connectivity index (χ0v) is 6.95. The highest BCUT2D eigenvalue weighted by Gasteiger charge is 2.04. The molecule has 1 aromatic rings. The molecular formula is C7H12N4O. The van der Waals surface area contributed by atoms with E-state index in [4.69, 9.17) is 5.73 Å². The van der Waals surface area contributed by atoms with Crippen LogP contribution < -0.4 is 11.1 Å². The van der Waals surface area contributed by atoms with Crippen LogP contribution in [0.2, 0.25) is 0 Å². The lowest BCUT2D eigenvalue weighted by Gasteiger charge is -1.98. The predicted octanol–water partition coefficient (Wildman–Crippen LogP) is -0.285. The van der Waals surface area contributed by atoms with Gasteiger partial charge in [0.15, 0.2) is 0 Å². The van der Waals surface area contributed by atoms with E-state index in [1.165, 1.54) is 17.1 Å². The number of nitrogens with zero attached hydrogens (tertiary/aromatic N) is 2. The zero-order valence-electron chi connectivity index (χ0n) is 6.95. The summed E-state index contributed by atoms with van der Waals surface area (Å²) in [5.74, 6) is -0.0546. The number of hydrogen-bond donors (Lipinski definition) is 2. The lowest BCUT2D eigenvalue weighted by atomic mass is 10.4. The highest BCUT2D eigenvalue weighted by atomic mass is 16.2. The Hall–Kier alpha value is -1.36. The zero-order chi connectivity index (χ0) is 8.97. The Morgan fingerprint density at radius 2 is 2.58 bits per heavy atom. The van der Waals surface area contributed by atoms with Crippen LogP contribution in [0.3, 0.4) is 0 Å². The van der Waals surface area contributed by atoms with E-state index in [-0.39, 0.29) is 5.91 Å². The summed E-state index contributed by atoms with van der Waals surface area (Å²) in [5.41, 5.74) is 5.90. The molecule has 0 aromatic carbocycles. The van der Waals surface area contributed by atoms with Crippen LogP contribution in [0.4, 0.5) is 5.69 Å². The average Bonchev–Trinajstić information content (AvgIpc) is 2.47. The van der Waals surface area contributed by atoms with Crippen molar-refractivity contribution in [2.24, 2.45) is 0 Å². The highest BCUT2D eigenvalue weighted by molar-refractivity contribution is 5.78. The molecule has 0 unspecified atom stereocenters. The molecule has 66 valence electrons. The summed E-state index contributed by atoms with van der Waals surface area (Å²) in [6.07, 6.45) is 3.40. The lowest BCUT2D eigenvalue weighted by molar-refractivity contribution is 0.0887. The van der Waals surface area contributed by atoms with Crippen molar-refractivity contribution in [1.82, 2.24) is 15.1 Å². The van der Waals surface area contributed by atoms with Gasteiger partial charge in [0, 0.05) is 13.0 Å². The van der Waals surface area contributed by atoms with E-state index >= 15 is 0 Å². The molecule has 0 saturated heterocycles.